The first kappa shape index (κ1) is 6.78. The highest BCUT2D eigenvalue weighted by atomic mass is 32.1. The summed E-state index contributed by atoms with van der Waals surface area (Å²) >= 11 is 3.65. The molecule has 0 fully saturated rings. The Morgan fingerprint density at radius 2 is 2.43 bits per heavy atom. The van der Waals surface area contributed by atoms with Crippen LogP contribution in [0.3, 0.4) is 0 Å². The second kappa shape index (κ2) is 3.95. The van der Waals surface area contributed by atoms with Crippen LogP contribution in [0.2, 0.25) is 0 Å². The van der Waals surface area contributed by atoms with Gasteiger partial charge in [-0.3, -0.25) is 0 Å². The first-order valence-corrected chi connectivity index (χ1v) is 3.03. The second-order valence-electron chi connectivity index (χ2n) is 0.839. The summed E-state index contributed by atoms with van der Waals surface area (Å²) in [6.45, 7) is 0. The Balaban J connectivity index is 3.37. The SMILES string of the molecule is O=C(C=CS)O[SiH3]. The van der Waals surface area contributed by atoms with Crippen molar-refractivity contribution in [3.8, 4) is 0 Å². The Hall–Kier alpha value is -0.223. The summed E-state index contributed by atoms with van der Waals surface area (Å²) < 4.78 is 4.35. The molecule has 0 saturated carbocycles. The first-order chi connectivity index (χ1) is 3.31. The van der Waals surface area contributed by atoms with Crippen molar-refractivity contribution in [1.29, 1.82) is 0 Å². The molecule has 7 heavy (non-hydrogen) atoms. The highest BCUT2D eigenvalue weighted by Gasteiger charge is 1.83. The smallest absolute Gasteiger partial charge is 0.317 e. The van der Waals surface area contributed by atoms with E-state index in [-0.39, 0.29) is 5.97 Å². The molecule has 0 atom stereocenters. The number of carbonyl (C=O) groups is 1. The minimum Gasteiger partial charge on any atom is -0.526 e. The predicted octanol–water partition coefficient (Wildman–Crippen LogP) is -0.747. The van der Waals surface area contributed by atoms with Crippen molar-refractivity contribution < 1.29 is 9.22 Å². The Kier molecular flexibility index (Phi) is 3.82. The molecule has 0 aliphatic heterocycles. The van der Waals surface area contributed by atoms with Gasteiger partial charge in [-0.25, -0.2) is 4.79 Å². The van der Waals surface area contributed by atoms with E-state index in [0.717, 1.165) is 0 Å². The molecule has 0 radical (unpaired) electrons. The molecule has 0 unspecified atom stereocenters. The largest absolute Gasteiger partial charge is 0.526 e. The number of hydrogen-bond donors (Lipinski definition) is 1. The third-order valence-electron chi connectivity index (χ3n) is 0.412. The van der Waals surface area contributed by atoms with Gasteiger partial charge in [-0.05, 0) is 5.41 Å². The molecule has 0 aromatic rings. The third-order valence-corrected chi connectivity index (χ3v) is 0.963. The molecule has 4 heteroatoms. The predicted molar refractivity (Wildman–Crippen MR) is 34.2 cm³/mol. The Bertz CT molecular complexity index is 90.9. The maximum Gasteiger partial charge on any atom is 0.317 e. The molecule has 0 rings (SSSR count). The first-order valence-electron chi connectivity index (χ1n) is 1.70. The lowest BCUT2D eigenvalue weighted by Gasteiger charge is -1.85. The van der Waals surface area contributed by atoms with Gasteiger partial charge in [0, 0.05) is 6.08 Å². The summed E-state index contributed by atoms with van der Waals surface area (Å²) in [7, 11) is 0.452. The molecular formula is C3H6O2SSi. The summed E-state index contributed by atoms with van der Waals surface area (Å²) in [5, 5.41) is 1.35. The molecule has 0 bridgehead atoms. The van der Waals surface area contributed by atoms with Crippen LogP contribution in [-0.2, 0) is 9.22 Å². The van der Waals surface area contributed by atoms with Crippen LogP contribution in [0.1, 0.15) is 0 Å². The lowest BCUT2D eigenvalue weighted by Crippen LogP contribution is -1.93. The molecule has 0 spiro atoms. The maximum absolute atomic E-state index is 10.1. The highest BCUT2D eigenvalue weighted by Crippen LogP contribution is 1.78. The van der Waals surface area contributed by atoms with Gasteiger partial charge in [0.1, 0.15) is 0 Å². The van der Waals surface area contributed by atoms with Crippen LogP contribution < -0.4 is 0 Å². The molecule has 0 aromatic heterocycles. The summed E-state index contributed by atoms with van der Waals surface area (Å²) in [6.07, 6.45) is 1.26. The van der Waals surface area contributed by atoms with Gasteiger partial charge in [0.2, 0.25) is 10.5 Å². The van der Waals surface area contributed by atoms with E-state index in [1.807, 2.05) is 0 Å². The van der Waals surface area contributed by atoms with Gasteiger partial charge >= 0.3 is 5.97 Å². The fourth-order valence-corrected chi connectivity index (χ4v) is 0.387. The molecule has 0 aliphatic rings. The summed E-state index contributed by atoms with van der Waals surface area (Å²) in [5.74, 6) is -0.318. The summed E-state index contributed by atoms with van der Waals surface area (Å²) in [5.41, 5.74) is 0. The van der Waals surface area contributed by atoms with Gasteiger partial charge in [-0.1, -0.05) is 0 Å². The van der Waals surface area contributed by atoms with Crippen molar-refractivity contribution in [2.24, 2.45) is 0 Å². The van der Waals surface area contributed by atoms with Crippen molar-refractivity contribution in [1.82, 2.24) is 0 Å². The highest BCUT2D eigenvalue weighted by molar-refractivity contribution is 7.83. The van der Waals surface area contributed by atoms with Crippen LogP contribution in [0.4, 0.5) is 0 Å². The fourth-order valence-electron chi connectivity index (χ4n) is 0.129. The van der Waals surface area contributed by atoms with Crippen LogP contribution >= 0.6 is 12.6 Å². The number of hydrogen-bond acceptors (Lipinski definition) is 3. The van der Waals surface area contributed by atoms with E-state index in [1.54, 1.807) is 0 Å². The fraction of sp³-hybridized carbons (Fsp3) is 0. The molecule has 0 amide bonds. The number of rotatable bonds is 1. The Morgan fingerprint density at radius 3 is 2.57 bits per heavy atom. The monoisotopic (exact) mass is 134 g/mol. The van der Waals surface area contributed by atoms with Gasteiger partial charge in [0.25, 0.3) is 0 Å². The Labute approximate surface area is 50.5 Å². The zero-order chi connectivity index (χ0) is 5.70. The van der Waals surface area contributed by atoms with Gasteiger partial charge in [0.15, 0.2) is 0 Å². The normalized spacial score (nSPS) is 9.86. The molecule has 0 aromatic carbocycles. The van der Waals surface area contributed by atoms with Gasteiger partial charge in [0.05, 0.1) is 0 Å². The zero-order valence-corrected chi connectivity index (χ0v) is 6.81. The van der Waals surface area contributed by atoms with Gasteiger partial charge in [-0.15, -0.1) is 0 Å². The standard InChI is InChI=1S/C3H6O2SSi/c4-3(5-7)1-2-6/h1-2,6H,7H3. The average Bonchev–Trinajstić information content (AvgIpc) is 1.68. The molecule has 0 N–H and O–H groups in total. The van der Waals surface area contributed by atoms with Crippen molar-refractivity contribution in [3.05, 3.63) is 11.5 Å². The number of carbonyl (C=O) groups excluding carboxylic acids is 1. The third kappa shape index (κ3) is 3.61. The van der Waals surface area contributed by atoms with Gasteiger partial charge in [-0.2, -0.15) is 12.6 Å². The van der Waals surface area contributed by atoms with Crippen LogP contribution in [0.15, 0.2) is 11.5 Å². The van der Waals surface area contributed by atoms with Crippen molar-refractivity contribution in [2.45, 2.75) is 0 Å². The molecule has 40 valence electrons. The van der Waals surface area contributed by atoms with Crippen molar-refractivity contribution >= 4 is 29.1 Å². The van der Waals surface area contributed by atoms with Crippen molar-refractivity contribution in [3.63, 3.8) is 0 Å². The maximum atomic E-state index is 10.1. The van der Waals surface area contributed by atoms with Crippen LogP contribution in [0.5, 0.6) is 0 Å². The second-order valence-corrected chi connectivity index (χ2v) is 1.55. The van der Waals surface area contributed by atoms with E-state index in [9.17, 15) is 4.79 Å². The van der Waals surface area contributed by atoms with Crippen LogP contribution in [0.25, 0.3) is 0 Å². The Morgan fingerprint density at radius 1 is 1.86 bits per heavy atom. The number of thiol groups is 1. The van der Waals surface area contributed by atoms with Gasteiger partial charge < -0.3 is 4.43 Å². The topological polar surface area (TPSA) is 26.3 Å². The molecule has 0 heterocycles. The minimum atomic E-state index is -0.318. The average molecular weight is 134 g/mol. The molecule has 2 nitrogen and oxygen atoms in total. The van der Waals surface area contributed by atoms with E-state index in [4.69, 9.17) is 0 Å². The van der Waals surface area contributed by atoms with Crippen LogP contribution in [-0.4, -0.2) is 16.5 Å². The van der Waals surface area contributed by atoms with Crippen LogP contribution in [0, 0.1) is 0 Å². The lowest BCUT2D eigenvalue weighted by atomic mass is 10.7. The minimum absolute atomic E-state index is 0.318. The molecule has 0 saturated heterocycles. The molecular weight excluding hydrogens is 128 g/mol. The van der Waals surface area contributed by atoms with E-state index < -0.39 is 0 Å². The van der Waals surface area contributed by atoms with E-state index in [0.29, 0.717) is 10.5 Å². The lowest BCUT2D eigenvalue weighted by molar-refractivity contribution is -0.128. The van der Waals surface area contributed by atoms with Crippen molar-refractivity contribution in [2.75, 3.05) is 0 Å². The van der Waals surface area contributed by atoms with E-state index in [1.165, 1.54) is 11.5 Å². The summed E-state index contributed by atoms with van der Waals surface area (Å²) in [6, 6.07) is 0. The summed E-state index contributed by atoms with van der Waals surface area (Å²) in [4.78, 5) is 10.1. The van der Waals surface area contributed by atoms with E-state index >= 15 is 0 Å². The molecule has 0 aliphatic carbocycles. The zero-order valence-electron chi connectivity index (χ0n) is 3.92. The quantitative estimate of drug-likeness (QED) is 0.290. The van der Waals surface area contributed by atoms with E-state index in [2.05, 4.69) is 17.1 Å².